The van der Waals surface area contributed by atoms with Crippen LogP contribution in [0.2, 0.25) is 0 Å². The van der Waals surface area contributed by atoms with Crippen molar-refractivity contribution in [3.05, 3.63) is 28.5 Å². The van der Waals surface area contributed by atoms with E-state index in [1.807, 2.05) is 18.2 Å². The molecule has 0 aliphatic carbocycles. The average Bonchev–Trinajstić information content (AvgIpc) is 2.65. The van der Waals surface area contributed by atoms with Crippen molar-refractivity contribution < 1.29 is 4.74 Å². The van der Waals surface area contributed by atoms with Crippen LogP contribution in [0, 0.1) is 5.92 Å². The molecule has 0 saturated carbocycles. The molecular formula is C12H17BrN2O. The zero-order chi connectivity index (χ0) is 11.4. The van der Waals surface area contributed by atoms with Crippen LogP contribution < -0.4 is 5.32 Å². The molecule has 0 amide bonds. The third kappa shape index (κ3) is 3.27. The molecule has 2 unspecified atom stereocenters. The minimum absolute atomic E-state index is 0.392. The minimum Gasteiger partial charge on any atom is -0.378 e. The Bertz CT molecular complexity index is 346. The Labute approximate surface area is 105 Å². The van der Waals surface area contributed by atoms with Gasteiger partial charge in [0.05, 0.1) is 11.8 Å². The fourth-order valence-electron chi connectivity index (χ4n) is 1.98. The van der Waals surface area contributed by atoms with Crippen molar-refractivity contribution in [1.29, 1.82) is 0 Å². The summed E-state index contributed by atoms with van der Waals surface area (Å²) in [5, 5.41) is 3.44. The zero-order valence-corrected chi connectivity index (χ0v) is 11.0. The van der Waals surface area contributed by atoms with Crippen LogP contribution in [0.1, 0.15) is 19.0 Å². The Morgan fingerprint density at radius 3 is 3.12 bits per heavy atom. The predicted octanol–water partition coefficient (Wildman–Crippen LogP) is 2.36. The molecule has 1 aromatic heterocycles. The fraction of sp³-hybridized carbons (Fsp3) is 0.583. The van der Waals surface area contributed by atoms with Crippen molar-refractivity contribution in [3.8, 4) is 0 Å². The third-order valence-corrected chi connectivity index (χ3v) is 3.46. The van der Waals surface area contributed by atoms with Gasteiger partial charge in [-0.25, -0.2) is 4.98 Å². The number of aromatic nitrogens is 1. The summed E-state index contributed by atoms with van der Waals surface area (Å²) in [6.45, 7) is 4.89. The smallest absolute Gasteiger partial charge is 0.106 e. The van der Waals surface area contributed by atoms with Gasteiger partial charge in [-0.3, -0.25) is 0 Å². The minimum atomic E-state index is 0.392. The summed E-state index contributed by atoms with van der Waals surface area (Å²) in [7, 11) is 0. The third-order valence-electron chi connectivity index (χ3n) is 3.02. The van der Waals surface area contributed by atoms with E-state index in [0.717, 1.165) is 30.0 Å². The van der Waals surface area contributed by atoms with Gasteiger partial charge in [0.2, 0.25) is 0 Å². The van der Waals surface area contributed by atoms with Crippen LogP contribution in [0.3, 0.4) is 0 Å². The first-order valence-corrected chi connectivity index (χ1v) is 6.49. The highest BCUT2D eigenvalue weighted by molar-refractivity contribution is 9.10. The van der Waals surface area contributed by atoms with Crippen molar-refractivity contribution in [2.45, 2.75) is 26.0 Å². The normalized spacial score (nSPS) is 24.9. The van der Waals surface area contributed by atoms with Gasteiger partial charge >= 0.3 is 0 Å². The van der Waals surface area contributed by atoms with Crippen LogP contribution in [0.25, 0.3) is 0 Å². The molecule has 1 aliphatic heterocycles. The van der Waals surface area contributed by atoms with E-state index in [4.69, 9.17) is 4.74 Å². The molecule has 1 aromatic rings. The van der Waals surface area contributed by atoms with E-state index in [2.05, 4.69) is 33.2 Å². The molecule has 3 nitrogen and oxygen atoms in total. The highest BCUT2D eigenvalue weighted by Crippen LogP contribution is 2.19. The summed E-state index contributed by atoms with van der Waals surface area (Å²) in [5.74, 6) is 0.646. The number of halogens is 1. The second kappa shape index (κ2) is 5.75. The highest BCUT2D eigenvalue weighted by Gasteiger charge is 2.23. The Morgan fingerprint density at radius 1 is 1.56 bits per heavy atom. The van der Waals surface area contributed by atoms with Crippen molar-refractivity contribution >= 4 is 15.9 Å². The van der Waals surface area contributed by atoms with Crippen molar-refractivity contribution in [2.75, 3.05) is 13.2 Å². The highest BCUT2D eigenvalue weighted by atomic mass is 79.9. The van der Waals surface area contributed by atoms with Crippen LogP contribution in [-0.2, 0) is 11.3 Å². The van der Waals surface area contributed by atoms with E-state index < -0.39 is 0 Å². The maximum Gasteiger partial charge on any atom is 0.106 e. The maximum atomic E-state index is 5.52. The monoisotopic (exact) mass is 284 g/mol. The lowest BCUT2D eigenvalue weighted by Crippen LogP contribution is -2.26. The van der Waals surface area contributed by atoms with Crippen molar-refractivity contribution in [3.63, 3.8) is 0 Å². The van der Waals surface area contributed by atoms with Gasteiger partial charge in [0, 0.05) is 19.7 Å². The molecule has 2 atom stereocenters. The van der Waals surface area contributed by atoms with Crippen LogP contribution >= 0.6 is 15.9 Å². The molecule has 1 N–H and O–H groups in total. The van der Waals surface area contributed by atoms with Crippen LogP contribution in [0.4, 0.5) is 0 Å². The lowest BCUT2D eigenvalue weighted by Gasteiger charge is -2.14. The lowest BCUT2D eigenvalue weighted by atomic mass is 10.0. The molecule has 16 heavy (non-hydrogen) atoms. The fourth-order valence-corrected chi connectivity index (χ4v) is 2.36. The molecule has 0 aromatic carbocycles. The second-order valence-electron chi connectivity index (χ2n) is 4.21. The van der Waals surface area contributed by atoms with Crippen LogP contribution in [0.15, 0.2) is 22.8 Å². The SMILES string of the molecule is CC1OCCC1CNCc1cccc(Br)n1. The Morgan fingerprint density at radius 2 is 2.44 bits per heavy atom. The number of nitrogens with one attached hydrogen (secondary N) is 1. The maximum absolute atomic E-state index is 5.52. The number of pyridine rings is 1. The lowest BCUT2D eigenvalue weighted by molar-refractivity contribution is 0.105. The van der Waals surface area contributed by atoms with Gasteiger partial charge in [-0.05, 0) is 47.3 Å². The molecule has 88 valence electrons. The average molecular weight is 285 g/mol. The first kappa shape index (κ1) is 12.0. The second-order valence-corrected chi connectivity index (χ2v) is 5.02. The van der Waals surface area contributed by atoms with Crippen molar-refractivity contribution in [2.24, 2.45) is 5.92 Å². The number of hydrogen-bond acceptors (Lipinski definition) is 3. The standard InChI is InChI=1S/C12H17BrN2O/c1-9-10(5-6-16-9)7-14-8-11-3-2-4-12(13)15-11/h2-4,9-10,14H,5-8H2,1H3. The van der Waals surface area contributed by atoms with E-state index in [1.165, 1.54) is 6.42 Å². The number of rotatable bonds is 4. The van der Waals surface area contributed by atoms with Gasteiger partial charge in [-0.15, -0.1) is 0 Å². The van der Waals surface area contributed by atoms with Crippen LogP contribution in [-0.4, -0.2) is 24.2 Å². The zero-order valence-electron chi connectivity index (χ0n) is 9.45. The molecule has 2 rings (SSSR count). The molecule has 2 heterocycles. The van der Waals surface area contributed by atoms with E-state index in [1.54, 1.807) is 0 Å². The number of ether oxygens (including phenoxy) is 1. The summed E-state index contributed by atoms with van der Waals surface area (Å²) in [6, 6.07) is 5.98. The summed E-state index contributed by atoms with van der Waals surface area (Å²) < 4.78 is 6.42. The van der Waals surface area contributed by atoms with Crippen LogP contribution in [0.5, 0.6) is 0 Å². The van der Waals surface area contributed by atoms with E-state index in [-0.39, 0.29) is 0 Å². The number of nitrogens with zero attached hydrogens (tertiary/aromatic N) is 1. The van der Waals surface area contributed by atoms with Gasteiger partial charge in [0.1, 0.15) is 4.60 Å². The molecule has 0 spiro atoms. The quantitative estimate of drug-likeness (QED) is 0.862. The molecule has 1 aliphatic rings. The Kier molecular flexibility index (Phi) is 4.32. The van der Waals surface area contributed by atoms with Crippen molar-refractivity contribution in [1.82, 2.24) is 10.3 Å². The molecule has 0 radical (unpaired) electrons. The molecule has 0 bridgehead atoms. The van der Waals surface area contributed by atoms with Gasteiger partial charge in [0.15, 0.2) is 0 Å². The number of hydrogen-bond donors (Lipinski definition) is 1. The molecule has 1 saturated heterocycles. The first-order chi connectivity index (χ1) is 7.75. The summed E-state index contributed by atoms with van der Waals surface area (Å²) in [4.78, 5) is 4.38. The largest absolute Gasteiger partial charge is 0.378 e. The predicted molar refractivity (Wildman–Crippen MR) is 67.2 cm³/mol. The van der Waals surface area contributed by atoms with E-state index in [0.29, 0.717) is 12.0 Å². The Balaban J connectivity index is 1.75. The van der Waals surface area contributed by atoms with E-state index in [9.17, 15) is 0 Å². The summed E-state index contributed by atoms with van der Waals surface area (Å²) in [5.41, 5.74) is 1.07. The van der Waals surface area contributed by atoms with Gasteiger partial charge in [-0.1, -0.05) is 6.07 Å². The topological polar surface area (TPSA) is 34.1 Å². The van der Waals surface area contributed by atoms with E-state index >= 15 is 0 Å². The molecule has 1 fully saturated rings. The molecular weight excluding hydrogens is 268 g/mol. The summed E-state index contributed by atoms with van der Waals surface area (Å²) >= 11 is 3.37. The first-order valence-electron chi connectivity index (χ1n) is 5.69. The Hall–Kier alpha value is -0.450. The summed E-state index contributed by atoms with van der Waals surface area (Å²) in [6.07, 6.45) is 1.56. The van der Waals surface area contributed by atoms with Gasteiger partial charge in [-0.2, -0.15) is 0 Å². The van der Waals surface area contributed by atoms with Gasteiger partial charge < -0.3 is 10.1 Å². The van der Waals surface area contributed by atoms with Gasteiger partial charge in [0.25, 0.3) is 0 Å². The molecule has 4 heteroatoms.